The summed E-state index contributed by atoms with van der Waals surface area (Å²) >= 11 is 3.37. The highest BCUT2D eigenvalue weighted by Gasteiger charge is 2.49. The van der Waals surface area contributed by atoms with Crippen molar-refractivity contribution in [1.82, 2.24) is 15.2 Å². The quantitative estimate of drug-likeness (QED) is 0.557. The minimum Gasteiger partial charge on any atom is -0.386 e. The topological polar surface area (TPSA) is 123 Å². The van der Waals surface area contributed by atoms with Crippen molar-refractivity contribution >= 4 is 54.0 Å². The fourth-order valence-corrected chi connectivity index (χ4v) is 5.50. The first-order chi connectivity index (χ1) is 14.4. The summed E-state index contributed by atoms with van der Waals surface area (Å²) in [5.41, 5.74) is 5.81. The molecule has 0 saturated heterocycles. The Kier molecular flexibility index (Phi) is 5.01. The normalized spacial score (nSPS) is 22.2. The molecule has 1 unspecified atom stereocenters. The molecule has 1 aromatic carbocycles. The molecule has 0 fully saturated rings. The average molecular weight is 507 g/mol. The van der Waals surface area contributed by atoms with Gasteiger partial charge in [-0.05, 0) is 61.0 Å². The lowest BCUT2D eigenvalue weighted by Gasteiger charge is -2.38. The summed E-state index contributed by atoms with van der Waals surface area (Å²) < 4.78 is 40.0. The Labute approximate surface area is 187 Å². The van der Waals surface area contributed by atoms with Crippen LogP contribution in [0, 0.1) is 5.82 Å². The molecule has 0 spiro atoms. The van der Waals surface area contributed by atoms with Gasteiger partial charge in [-0.1, -0.05) is 0 Å². The highest BCUT2D eigenvalue weighted by atomic mass is 79.9. The number of nitrogens with two attached hydrogens (primary N) is 1. The fourth-order valence-electron chi connectivity index (χ4n) is 3.46. The first-order valence-electron chi connectivity index (χ1n) is 9.35. The summed E-state index contributed by atoms with van der Waals surface area (Å²) in [6.45, 7) is 4.56. The number of hydrogen-bond donors (Lipinski definition) is 2. The van der Waals surface area contributed by atoms with Gasteiger partial charge in [-0.2, -0.15) is 5.10 Å². The van der Waals surface area contributed by atoms with E-state index in [1.807, 2.05) is 6.07 Å². The zero-order valence-corrected chi connectivity index (χ0v) is 19.4. The smallest absolute Gasteiger partial charge is 0.179 e. The number of pyridine rings is 1. The predicted molar refractivity (Wildman–Crippen MR) is 122 cm³/mol. The molecule has 3 heterocycles. The van der Waals surface area contributed by atoms with Gasteiger partial charge in [-0.3, -0.25) is 9.98 Å². The number of sulfone groups is 1. The molecule has 11 heteroatoms. The zero-order valence-electron chi connectivity index (χ0n) is 17.0. The number of halogens is 2. The number of fused-ring (bicyclic) bond motifs is 1. The van der Waals surface area contributed by atoms with Gasteiger partial charge in [0.2, 0.25) is 0 Å². The predicted octanol–water partition coefficient (Wildman–Crippen LogP) is 3.45. The molecule has 1 aliphatic heterocycles. The number of nitrogens with one attached hydrogen (secondary N) is 1. The molecular formula is C20H20BrFN6O2S. The number of benzene rings is 1. The number of nitrogens with zero attached hydrogens (tertiary/aromatic N) is 4. The highest BCUT2D eigenvalue weighted by Crippen LogP contribution is 2.39. The maximum absolute atomic E-state index is 14.8. The molecule has 162 valence electrons. The van der Waals surface area contributed by atoms with E-state index in [4.69, 9.17) is 5.73 Å². The number of hydrogen-bond acceptors (Lipinski definition) is 8. The van der Waals surface area contributed by atoms with Crippen LogP contribution in [0.3, 0.4) is 0 Å². The summed E-state index contributed by atoms with van der Waals surface area (Å²) in [5.74, 6) is -0.607. The van der Waals surface area contributed by atoms with Crippen LogP contribution in [0.2, 0.25) is 0 Å². The van der Waals surface area contributed by atoms with E-state index in [1.165, 1.54) is 32.0 Å². The van der Waals surface area contributed by atoms with Crippen molar-refractivity contribution in [1.29, 1.82) is 0 Å². The van der Waals surface area contributed by atoms with E-state index < -0.39 is 25.9 Å². The van der Waals surface area contributed by atoms with Gasteiger partial charge in [0, 0.05) is 27.3 Å². The molecule has 0 amide bonds. The van der Waals surface area contributed by atoms with Gasteiger partial charge in [-0.25, -0.2) is 12.8 Å². The van der Waals surface area contributed by atoms with Crippen LogP contribution >= 0.6 is 15.9 Å². The van der Waals surface area contributed by atoms with E-state index in [2.05, 4.69) is 41.4 Å². The summed E-state index contributed by atoms with van der Waals surface area (Å²) in [7, 11) is -3.67. The summed E-state index contributed by atoms with van der Waals surface area (Å²) in [4.78, 5) is 8.77. The first-order valence-corrected chi connectivity index (χ1v) is 11.8. The average Bonchev–Trinajstić information content (AvgIpc) is 2.67. The highest BCUT2D eigenvalue weighted by molar-refractivity contribution is 9.10. The number of amidine groups is 1. The minimum absolute atomic E-state index is 0.0475. The van der Waals surface area contributed by atoms with Crippen molar-refractivity contribution in [2.45, 2.75) is 31.1 Å². The Hall–Kier alpha value is -2.66. The first kappa shape index (κ1) is 21.6. The molecule has 8 nitrogen and oxygen atoms in total. The van der Waals surface area contributed by atoms with Crippen molar-refractivity contribution in [3.8, 4) is 0 Å². The van der Waals surface area contributed by atoms with Crippen LogP contribution in [0.1, 0.15) is 26.3 Å². The van der Waals surface area contributed by atoms with E-state index >= 15 is 0 Å². The molecular weight excluding hydrogens is 487 g/mol. The Morgan fingerprint density at radius 3 is 2.65 bits per heavy atom. The van der Waals surface area contributed by atoms with Crippen LogP contribution in [-0.2, 0) is 15.4 Å². The second-order valence-electron chi connectivity index (χ2n) is 8.14. The molecule has 2 aromatic heterocycles. The molecule has 0 bridgehead atoms. The summed E-state index contributed by atoms with van der Waals surface area (Å²) in [5, 5.41) is 11.9. The lowest BCUT2D eigenvalue weighted by Crippen LogP contribution is -2.54. The lowest BCUT2D eigenvalue weighted by atomic mass is 9.92. The number of aromatic nitrogens is 3. The van der Waals surface area contributed by atoms with E-state index in [1.54, 1.807) is 19.3 Å². The van der Waals surface area contributed by atoms with Gasteiger partial charge in [0.05, 0.1) is 11.9 Å². The maximum atomic E-state index is 14.8. The van der Waals surface area contributed by atoms with Crippen molar-refractivity contribution in [3.05, 3.63) is 52.5 Å². The Morgan fingerprint density at radius 1 is 1.19 bits per heavy atom. The molecule has 3 aromatic rings. The monoisotopic (exact) mass is 506 g/mol. The molecule has 4 rings (SSSR count). The molecule has 0 saturated carbocycles. The van der Waals surface area contributed by atoms with E-state index in [-0.39, 0.29) is 17.2 Å². The van der Waals surface area contributed by atoms with Crippen molar-refractivity contribution in [2.75, 3.05) is 11.1 Å². The Bertz CT molecular complexity index is 1340. The van der Waals surface area contributed by atoms with Gasteiger partial charge in [0.1, 0.15) is 27.5 Å². The number of anilines is 2. The van der Waals surface area contributed by atoms with Crippen molar-refractivity contribution < 1.29 is 12.8 Å². The fraction of sp³-hybridized carbons (Fsp3) is 0.300. The van der Waals surface area contributed by atoms with Crippen LogP contribution in [0.4, 0.5) is 15.9 Å². The SMILES string of the molecule is CC1(c2cc(Nc3nncc4cc(Br)cnc34)ccc2F)CS(=O)(=O)C(C)(C)C(N)=N1. The van der Waals surface area contributed by atoms with Crippen LogP contribution in [-0.4, -0.2) is 39.9 Å². The Balaban J connectivity index is 1.78. The molecule has 0 radical (unpaired) electrons. The molecule has 31 heavy (non-hydrogen) atoms. The third-order valence-corrected chi connectivity index (χ3v) is 8.64. The maximum Gasteiger partial charge on any atom is 0.179 e. The number of rotatable bonds is 3. The largest absolute Gasteiger partial charge is 0.386 e. The molecule has 1 atom stereocenters. The van der Waals surface area contributed by atoms with E-state index in [0.29, 0.717) is 17.0 Å². The van der Waals surface area contributed by atoms with E-state index in [0.717, 1.165) is 9.86 Å². The van der Waals surface area contributed by atoms with Gasteiger partial charge in [0.25, 0.3) is 0 Å². The van der Waals surface area contributed by atoms with Gasteiger partial charge < -0.3 is 11.1 Å². The van der Waals surface area contributed by atoms with Crippen LogP contribution in [0.5, 0.6) is 0 Å². The minimum atomic E-state index is -3.67. The van der Waals surface area contributed by atoms with Crippen LogP contribution < -0.4 is 11.1 Å². The molecule has 0 aliphatic carbocycles. The third kappa shape index (κ3) is 3.65. The summed E-state index contributed by atoms with van der Waals surface area (Å²) in [6.07, 6.45) is 3.22. The lowest BCUT2D eigenvalue weighted by molar-refractivity contribution is 0.476. The second kappa shape index (κ2) is 7.20. The second-order valence-corrected chi connectivity index (χ2v) is 11.6. The van der Waals surface area contributed by atoms with Gasteiger partial charge >= 0.3 is 0 Å². The molecule has 1 aliphatic rings. The van der Waals surface area contributed by atoms with Gasteiger partial charge in [0.15, 0.2) is 15.7 Å². The van der Waals surface area contributed by atoms with Crippen molar-refractivity contribution in [3.63, 3.8) is 0 Å². The summed E-state index contributed by atoms with van der Waals surface area (Å²) in [6, 6.07) is 6.14. The standard InChI is InChI=1S/C20H20BrFN6O2S/c1-19(2)18(23)27-20(3,10-31(19,29)30)14-7-13(4-5-15(14)22)26-17-16-11(8-25-28-17)6-12(21)9-24-16/h4-9H,10H2,1-3H3,(H2,23,27)(H,26,28). The molecule has 3 N–H and O–H groups in total. The van der Waals surface area contributed by atoms with E-state index in [9.17, 15) is 12.8 Å². The Morgan fingerprint density at radius 2 is 1.94 bits per heavy atom. The zero-order chi connectivity index (χ0) is 22.6. The number of aliphatic imine (C=N–C) groups is 1. The third-order valence-electron chi connectivity index (χ3n) is 5.50. The van der Waals surface area contributed by atoms with Gasteiger partial charge in [-0.15, -0.1) is 5.10 Å². The van der Waals surface area contributed by atoms with Crippen LogP contribution in [0.15, 0.2) is 46.1 Å². The van der Waals surface area contributed by atoms with Crippen molar-refractivity contribution in [2.24, 2.45) is 10.7 Å². The van der Waals surface area contributed by atoms with Crippen LogP contribution in [0.25, 0.3) is 10.9 Å².